The van der Waals surface area contributed by atoms with Gasteiger partial charge in [0, 0.05) is 13.2 Å². The van der Waals surface area contributed by atoms with E-state index in [9.17, 15) is 0 Å². The molecule has 0 aliphatic carbocycles. The van der Waals surface area contributed by atoms with Gasteiger partial charge in [-0.1, -0.05) is 26.3 Å². The first kappa shape index (κ1) is 13.5. The minimum atomic E-state index is 0.398. The number of rotatable bonds is 5. The van der Waals surface area contributed by atoms with E-state index in [4.69, 9.17) is 5.73 Å². The molecule has 0 amide bonds. The average Bonchev–Trinajstić information content (AvgIpc) is 2.25. The predicted molar refractivity (Wildman–Crippen MR) is 67.7 cm³/mol. The van der Waals surface area contributed by atoms with Gasteiger partial charge in [0.1, 0.15) is 12.2 Å². The second kappa shape index (κ2) is 7.91. The Labute approximate surface area is 91.7 Å². The van der Waals surface area contributed by atoms with Crippen molar-refractivity contribution in [2.45, 2.75) is 27.2 Å². The highest BCUT2D eigenvalue weighted by molar-refractivity contribution is 6.41. The Morgan fingerprint density at radius 3 is 2.60 bits per heavy atom. The van der Waals surface area contributed by atoms with Crippen molar-refractivity contribution in [2.75, 3.05) is 7.05 Å². The molecule has 1 atom stereocenters. The van der Waals surface area contributed by atoms with E-state index in [0.29, 0.717) is 17.5 Å². The number of nitrogens with two attached hydrogens (primary N) is 1. The summed E-state index contributed by atoms with van der Waals surface area (Å²) in [5, 5.41) is 0. The third kappa shape index (κ3) is 6.60. The van der Waals surface area contributed by atoms with Crippen molar-refractivity contribution in [3.8, 4) is 0 Å². The van der Waals surface area contributed by atoms with Crippen LogP contribution in [0.3, 0.4) is 0 Å². The Kier molecular flexibility index (Phi) is 7.14. The molecule has 0 spiro atoms. The normalized spacial score (nSPS) is 16.5. The Morgan fingerprint density at radius 1 is 1.40 bits per heavy atom. The van der Waals surface area contributed by atoms with E-state index in [2.05, 4.69) is 28.8 Å². The lowest BCUT2D eigenvalue weighted by Gasteiger charge is -1.98. The van der Waals surface area contributed by atoms with Crippen molar-refractivity contribution in [1.29, 1.82) is 0 Å². The maximum absolute atomic E-state index is 5.65. The summed E-state index contributed by atoms with van der Waals surface area (Å²) in [5.41, 5.74) is 6.35. The molecular weight excluding hydrogens is 188 g/mol. The van der Waals surface area contributed by atoms with Crippen LogP contribution in [0.4, 0.5) is 0 Å². The van der Waals surface area contributed by atoms with Gasteiger partial charge >= 0.3 is 0 Å². The van der Waals surface area contributed by atoms with Gasteiger partial charge in [0.05, 0.1) is 5.71 Å². The SMILES string of the molecule is CCC(C)/C=C\N=C(C)C(N)=NC=NC. The zero-order valence-electron chi connectivity index (χ0n) is 9.94. The van der Waals surface area contributed by atoms with E-state index in [1.54, 1.807) is 13.2 Å². The summed E-state index contributed by atoms with van der Waals surface area (Å²) in [6.45, 7) is 6.10. The summed E-state index contributed by atoms with van der Waals surface area (Å²) in [6, 6.07) is 0. The zero-order valence-corrected chi connectivity index (χ0v) is 9.94. The number of allylic oxidation sites excluding steroid dienone is 1. The molecule has 0 rings (SSSR count). The minimum absolute atomic E-state index is 0.398. The van der Waals surface area contributed by atoms with Gasteiger partial charge in [-0.25, -0.2) is 4.99 Å². The number of hydrogen-bond donors (Lipinski definition) is 1. The molecule has 15 heavy (non-hydrogen) atoms. The van der Waals surface area contributed by atoms with E-state index in [-0.39, 0.29) is 0 Å². The summed E-state index contributed by atoms with van der Waals surface area (Å²) in [7, 11) is 1.64. The van der Waals surface area contributed by atoms with Crippen molar-refractivity contribution in [2.24, 2.45) is 26.6 Å². The lowest BCUT2D eigenvalue weighted by Crippen LogP contribution is -2.21. The van der Waals surface area contributed by atoms with Crippen LogP contribution in [0.5, 0.6) is 0 Å². The van der Waals surface area contributed by atoms with Gasteiger partial charge in [0.15, 0.2) is 0 Å². The first-order chi connectivity index (χ1) is 7.11. The van der Waals surface area contributed by atoms with E-state index in [1.807, 2.05) is 13.0 Å². The Bertz CT molecular complexity index is 287. The molecule has 0 fully saturated rings. The van der Waals surface area contributed by atoms with Crippen molar-refractivity contribution < 1.29 is 0 Å². The first-order valence-corrected chi connectivity index (χ1v) is 5.07. The van der Waals surface area contributed by atoms with Crippen molar-refractivity contribution >= 4 is 17.9 Å². The molecule has 0 saturated carbocycles. The molecule has 1 unspecified atom stereocenters. The van der Waals surface area contributed by atoms with Crippen LogP contribution in [0.2, 0.25) is 0 Å². The first-order valence-electron chi connectivity index (χ1n) is 5.07. The highest BCUT2D eigenvalue weighted by Gasteiger charge is 1.94. The number of nitrogens with zero attached hydrogens (tertiary/aromatic N) is 3. The van der Waals surface area contributed by atoms with Gasteiger partial charge in [-0.15, -0.1) is 0 Å². The fourth-order valence-electron chi connectivity index (χ4n) is 0.717. The maximum Gasteiger partial charge on any atom is 0.146 e. The number of aliphatic imine (C=N–C) groups is 3. The van der Waals surface area contributed by atoms with Gasteiger partial charge in [-0.05, 0) is 12.8 Å². The second-order valence-corrected chi connectivity index (χ2v) is 3.33. The molecule has 4 nitrogen and oxygen atoms in total. The molecule has 0 aromatic rings. The Balaban J connectivity index is 4.37. The topological polar surface area (TPSA) is 63.1 Å². The molecule has 0 heterocycles. The molecule has 0 aromatic carbocycles. The molecule has 2 N–H and O–H groups in total. The van der Waals surface area contributed by atoms with Crippen LogP contribution in [-0.2, 0) is 0 Å². The molecular formula is C11H20N4. The van der Waals surface area contributed by atoms with Crippen LogP contribution >= 0.6 is 0 Å². The van der Waals surface area contributed by atoms with Gasteiger partial charge in [0.25, 0.3) is 0 Å². The van der Waals surface area contributed by atoms with Crippen LogP contribution in [0.15, 0.2) is 27.3 Å². The van der Waals surface area contributed by atoms with E-state index in [1.165, 1.54) is 6.34 Å². The molecule has 0 aliphatic rings. The lowest BCUT2D eigenvalue weighted by molar-refractivity contribution is 0.697. The summed E-state index contributed by atoms with van der Waals surface area (Å²) in [5.74, 6) is 0.936. The average molecular weight is 208 g/mol. The van der Waals surface area contributed by atoms with Crippen molar-refractivity contribution in [3.63, 3.8) is 0 Å². The van der Waals surface area contributed by atoms with Gasteiger partial charge < -0.3 is 5.73 Å². The molecule has 0 bridgehead atoms. The van der Waals surface area contributed by atoms with Gasteiger partial charge in [0.2, 0.25) is 0 Å². The number of hydrogen-bond acceptors (Lipinski definition) is 2. The summed E-state index contributed by atoms with van der Waals surface area (Å²) < 4.78 is 0. The fraction of sp³-hybridized carbons (Fsp3) is 0.545. The van der Waals surface area contributed by atoms with Gasteiger partial charge in [-0.3, -0.25) is 9.98 Å². The third-order valence-electron chi connectivity index (χ3n) is 2.01. The van der Waals surface area contributed by atoms with Crippen LogP contribution in [-0.4, -0.2) is 24.9 Å². The second-order valence-electron chi connectivity index (χ2n) is 3.33. The van der Waals surface area contributed by atoms with Gasteiger partial charge in [-0.2, -0.15) is 0 Å². The van der Waals surface area contributed by atoms with E-state index >= 15 is 0 Å². The minimum Gasteiger partial charge on any atom is -0.382 e. The monoisotopic (exact) mass is 208 g/mol. The maximum atomic E-state index is 5.65. The predicted octanol–water partition coefficient (Wildman–Crippen LogP) is 2.02. The highest BCUT2D eigenvalue weighted by Crippen LogP contribution is 2.01. The largest absolute Gasteiger partial charge is 0.382 e. The molecule has 4 heteroatoms. The van der Waals surface area contributed by atoms with Crippen LogP contribution in [0, 0.1) is 5.92 Å². The molecule has 0 radical (unpaired) electrons. The van der Waals surface area contributed by atoms with Crippen LogP contribution < -0.4 is 5.73 Å². The molecule has 0 aromatic heterocycles. The van der Waals surface area contributed by atoms with E-state index in [0.717, 1.165) is 6.42 Å². The molecule has 84 valence electrons. The summed E-state index contributed by atoms with van der Waals surface area (Å²) in [6.07, 6.45) is 6.34. The van der Waals surface area contributed by atoms with Crippen molar-refractivity contribution in [3.05, 3.63) is 12.3 Å². The standard InChI is InChI=1S/C11H20N4/c1-5-9(2)6-7-14-10(3)11(12)15-8-13-4/h6-9H,5H2,1-4H3,(H2,12,13,15)/b7-6-,14-10?. The van der Waals surface area contributed by atoms with Crippen LogP contribution in [0.1, 0.15) is 27.2 Å². The summed E-state index contributed by atoms with van der Waals surface area (Å²) in [4.78, 5) is 11.8. The summed E-state index contributed by atoms with van der Waals surface area (Å²) >= 11 is 0. The molecule has 0 saturated heterocycles. The zero-order chi connectivity index (χ0) is 11.7. The quantitative estimate of drug-likeness (QED) is 0.545. The number of amidine groups is 1. The lowest BCUT2D eigenvalue weighted by atomic mass is 10.1. The van der Waals surface area contributed by atoms with Crippen molar-refractivity contribution in [1.82, 2.24) is 0 Å². The van der Waals surface area contributed by atoms with E-state index < -0.39 is 0 Å². The molecule has 0 aliphatic heterocycles. The Hall–Kier alpha value is -1.45. The fourth-order valence-corrected chi connectivity index (χ4v) is 0.717. The van der Waals surface area contributed by atoms with Crippen LogP contribution in [0.25, 0.3) is 0 Å². The highest BCUT2D eigenvalue weighted by atomic mass is 14.9. The smallest absolute Gasteiger partial charge is 0.146 e. The Morgan fingerprint density at radius 2 is 2.07 bits per heavy atom. The third-order valence-corrected chi connectivity index (χ3v) is 2.01.